The second-order valence-electron chi connectivity index (χ2n) is 8.42. The fourth-order valence-corrected chi connectivity index (χ4v) is 4.76. The molecule has 1 aromatic heterocycles. The first-order chi connectivity index (χ1) is 15.3. The molecule has 1 aliphatic rings. The molecule has 0 saturated carbocycles. The third kappa shape index (κ3) is 4.06. The van der Waals surface area contributed by atoms with Gasteiger partial charge >= 0.3 is 0 Å². The second kappa shape index (κ2) is 8.91. The van der Waals surface area contributed by atoms with Crippen molar-refractivity contribution in [1.82, 2.24) is 14.9 Å². The van der Waals surface area contributed by atoms with E-state index in [-0.39, 0.29) is 0 Å². The summed E-state index contributed by atoms with van der Waals surface area (Å²) in [6.45, 7) is 3.44. The van der Waals surface area contributed by atoms with Gasteiger partial charge in [0, 0.05) is 12.1 Å². The van der Waals surface area contributed by atoms with Gasteiger partial charge in [-0.2, -0.15) is 0 Å². The van der Waals surface area contributed by atoms with E-state index in [9.17, 15) is 0 Å². The molecular weight excluding hydrogens is 378 g/mol. The smallest absolute Gasteiger partial charge is 0.134 e. The van der Waals surface area contributed by atoms with Crippen molar-refractivity contribution in [2.75, 3.05) is 6.54 Å². The van der Waals surface area contributed by atoms with Crippen LogP contribution < -0.4 is 5.32 Å². The number of hydrogen-bond donors (Lipinski definition) is 1. The van der Waals surface area contributed by atoms with Crippen LogP contribution in [0.2, 0.25) is 0 Å². The number of benzene rings is 3. The Hall–Kier alpha value is -3.17. The normalized spacial score (nSPS) is 17.4. The van der Waals surface area contributed by atoms with Crippen LogP contribution in [0.25, 0.3) is 22.7 Å². The molecule has 2 heterocycles. The first kappa shape index (κ1) is 19.8. The summed E-state index contributed by atoms with van der Waals surface area (Å²) in [4.78, 5) is 5.08. The number of imidazole rings is 1. The molecule has 1 fully saturated rings. The van der Waals surface area contributed by atoms with E-state index in [0.717, 1.165) is 17.9 Å². The maximum Gasteiger partial charge on any atom is 0.134 e. The highest BCUT2D eigenvalue weighted by atomic mass is 15.1. The number of rotatable bonds is 5. The monoisotopic (exact) mass is 407 g/mol. The number of nitrogens with one attached hydrogen (secondary N) is 1. The van der Waals surface area contributed by atoms with E-state index >= 15 is 0 Å². The zero-order valence-corrected chi connectivity index (χ0v) is 18.0. The Morgan fingerprint density at radius 1 is 0.903 bits per heavy atom. The molecule has 4 aromatic rings. The minimum Gasteiger partial charge on any atom is -0.320 e. The summed E-state index contributed by atoms with van der Waals surface area (Å²) in [5.74, 6) is 1.02. The van der Waals surface area contributed by atoms with Crippen molar-refractivity contribution in [2.24, 2.45) is 0 Å². The van der Waals surface area contributed by atoms with Crippen LogP contribution in [-0.2, 0) is 0 Å². The molecule has 0 bridgehead atoms. The number of para-hydroxylation sites is 2. The van der Waals surface area contributed by atoms with E-state index in [1.165, 1.54) is 41.5 Å². The van der Waals surface area contributed by atoms with Crippen molar-refractivity contribution >= 4 is 22.7 Å². The molecule has 31 heavy (non-hydrogen) atoms. The van der Waals surface area contributed by atoms with Gasteiger partial charge in [-0.05, 0) is 61.2 Å². The lowest BCUT2D eigenvalue weighted by Gasteiger charge is -2.31. The zero-order valence-electron chi connectivity index (χ0n) is 18.0. The van der Waals surface area contributed by atoms with E-state index in [2.05, 4.69) is 108 Å². The van der Waals surface area contributed by atoms with Gasteiger partial charge < -0.3 is 9.88 Å². The number of piperidine rings is 1. The molecule has 2 unspecified atom stereocenters. The lowest BCUT2D eigenvalue weighted by atomic mass is 9.96. The van der Waals surface area contributed by atoms with Crippen LogP contribution in [0.5, 0.6) is 0 Å². The van der Waals surface area contributed by atoms with Crippen molar-refractivity contribution in [2.45, 2.75) is 38.3 Å². The van der Waals surface area contributed by atoms with E-state index in [1.807, 2.05) is 0 Å². The van der Waals surface area contributed by atoms with Crippen LogP contribution in [-0.4, -0.2) is 22.1 Å². The number of aromatic nitrogens is 2. The van der Waals surface area contributed by atoms with E-state index in [0.29, 0.717) is 12.1 Å². The number of hydrogen-bond acceptors (Lipinski definition) is 2. The predicted octanol–water partition coefficient (Wildman–Crippen LogP) is 6.33. The Kier molecular flexibility index (Phi) is 5.68. The largest absolute Gasteiger partial charge is 0.320 e. The molecule has 3 heteroatoms. The van der Waals surface area contributed by atoms with E-state index < -0.39 is 0 Å². The number of nitrogens with zero attached hydrogens (tertiary/aromatic N) is 2. The van der Waals surface area contributed by atoms with Gasteiger partial charge in [0.05, 0.1) is 11.0 Å². The molecule has 0 spiro atoms. The van der Waals surface area contributed by atoms with Crippen molar-refractivity contribution in [3.05, 3.63) is 102 Å². The molecular formula is C28H29N3. The number of fused-ring (bicyclic) bond motifs is 1. The molecule has 1 N–H and O–H groups in total. The second-order valence-corrected chi connectivity index (χ2v) is 8.42. The third-order valence-corrected chi connectivity index (χ3v) is 6.40. The predicted molar refractivity (Wildman–Crippen MR) is 130 cm³/mol. The molecule has 3 aromatic carbocycles. The fourth-order valence-electron chi connectivity index (χ4n) is 4.76. The Labute approximate surface area is 184 Å². The van der Waals surface area contributed by atoms with Gasteiger partial charge in [-0.15, -0.1) is 0 Å². The lowest BCUT2D eigenvalue weighted by molar-refractivity contribution is 0.312. The minimum absolute atomic E-state index is 0.326. The van der Waals surface area contributed by atoms with Gasteiger partial charge in [0.2, 0.25) is 0 Å². The van der Waals surface area contributed by atoms with Crippen LogP contribution >= 0.6 is 0 Å². The Bertz CT molecular complexity index is 1130. The van der Waals surface area contributed by atoms with Crippen molar-refractivity contribution in [3.63, 3.8) is 0 Å². The maximum atomic E-state index is 5.08. The molecule has 2 atom stereocenters. The molecule has 5 rings (SSSR count). The van der Waals surface area contributed by atoms with Gasteiger partial charge in [0.25, 0.3) is 0 Å². The average Bonchev–Trinajstić information content (AvgIpc) is 3.22. The van der Waals surface area contributed by atoms with E-state index in [4.69, 9.17) is 4.98 Å². The summed E-state index contributed by atoms with van der Waals surface area (Å²) in [6, 6.07) is 30.6. The summed E-state index contributed by atoms with van der Waals surface area (Å²) in [6.07, 6.45) is 6.04. The zero-order chi connectivity index (χ0) is 21.0. The summed E-state index contributed by atoms with van der Waals surface area (Å²) in [7, 11) is 0. The molecule has 1 aliphatic heterocycles. The highest BCUT2D eigenvalue weighted by molar-refractivity contribution is 5.92. The summed E-state index contributed by atoms with van der Waals surface area (Å²) >= 11 is 0. The average molecular weight is 408 g/mol. The van der Waals surface area contributed by atoms with Crippen LogP contribution in [0, 0.1) is 0 Å². The fraction of sp³-hybridized carbons (Fsp3) is 0.250. The molecule has 0 amide bonds. The highest BCUT2D eigenvalue weighted by Crippen LogP contribution is 2.31. The Morgan fingerprint density at radius 3 is 2.19 bits per heavy atom. The van der Waals surface area contributed by atoms with Crippen LogP contribution in [0.3, 0.4) is 0 Å². The summed E-state index contributed by atoms with van der Waals surface area (Å²) < 4.78 is 2.43. The third-order valence-electron chi connectivity index (χ3n) is 6.40. The van der Waals surface area contributed by atoms with Gasteiger partial charge in [0.15, 0.2) is 0 Å². The van der Waals surface area contributed by atoms with Gasteiger partial charge in [-0.1, -0.05) is 79.2 Å². The maximum absolute atomic E-state index is 5.08. The lowest BCUT2D eigenvalue weighted by Crippen LogP contribution is -2.40. The highest BCUT2D eigenvalue weighted by Gasteiger charge is 2.24. The first-order valence-electron chi connectivity index (χ1n) is 11.3. The Balaban J connectivity index is 1.68. The van der Waals surface area contributed by atoms with Crippen molar-refractivity contribution in [1.29, 1.82) is 0 Å². The van der Waals surface area contributed by atoms with Gasteiger partial charge in [-0.3, -0.25) is 0 Å². The molecule has 0 radical (unpaired) electrons. The topological polar surface area (TPSA) is 29.9 Å². The van der Waals surface area contributed by atoms with Crippen LogP contribution in [0.4, 0.5) is 0 Å². The molecule has 3 nitrogen and oxygen atoms in total. The van der Waals surface area contributed by atoms with Crippen molar-refractivity contribution in [3.8, 4) is 0 Å². The minimum atomic E-state index is 0.326. The SMILES string of the molecule is CC(C1CCCCN1)n1c(C=C(c2ccccc2)c2ccccc2)nc2ccccc21. The van der Waals surface area contributed by atoms with Gasteiger partial charge in [0.1, 0.15) is 5.82 Å². The first-order valence-corrected chi connectivity index (χ1v) is 11.3. The molecule has 0 aliphatic carbocycles. The molecule has 1 saturated heterocycles. The van der Waals surface area contributed by atoms with E-state index in [1.54, 1.807) is 0 Å². The molecule has 156 valence electrons. The Morgan fingerprint density at radius 2 is 1.55 bits per heavy atom. The van der Waals surface area contributed by atoms with Crippen molar-refractivity contribution < 1.29 is 0 Å². The van der Waals surface area contributed by atoms with Gasteiger partial charge in [-0.25, -0.2) is 4.98 Å². The van der Waals surface area contributed by atoms with Crippen LogP contribution in [0.15, 0.2) is 84.9 Å². The summed E-state index contributed by atoms with van der Waals surface area (Å²) in [5.41, 5.74) is 5.86. The standard InChI is InChI=1S/C28H29N3/c1-21(25-16-10-11-19-29-25)31-27-18-9-8-17-26(27)30-28(31)20-24(22-12-4-2-5-13-22)23-14-6-3-7-15-23/h2-9,12-15,17-18,20-21,25,29H,10-11,16,19H2,1H3. The quantitative estimate of drug-likeness (QED) is 0.419. The van der Waals surface area contributed by atoms with Crippen LogP contribution in [0.1, 0.15) is 49.2 Å². The summed E-state index contributed by atoms with van der Waals surface area (Å²) in [5, 5.41) is 3.75.